The monoisotopic (exact) mass is 358 g/mol. The van der Waals surface area contributed by atoms with Gasteiger partial charge in [0.25, 0.3) is 5.91 Å². The molecule has 1 aliphatic rings. The highest BCUT2D eigenvalue weighted by Crippen LogP contribution is 2.24. The Kier molecular flexibility index (Phi) is 4.07. The fraction of sp³-hybridized carbons (Fsp3) is 0.312. The highest BCUT2D eigenvalue weighted by Gasteiger charge is 2.29. The topological polar surface area (TPSA) is 76.1 Å². The van der Waals surface area contributed by atoms with E-state index in [2.05, 4.69) is 13.7 Å². The summed E-state index contributed by atoms with van der Waals surface area (Å²) in [5.74, 6) is 0.0579. The van der Waals surface area contributed by atoms with Crippen molar-refractivity contribution in [1.82, 2.24) is 18.6 Å². The van der Waals surface area contributed by atoms with E-state index in [1.807, 2.05) is 16.3 Å². The van der Waals surface area contributed by atoms with Gasteiger partial charge in [-0.25, -0.2) is 4.98 Å². The number of nitrogens with zero attached hydrogens (tertiary/aromatic N) is 4. The van der Waals surface area contributed by atoms with Gasteiger partial charge < -0.3 is 4.90 Å². The number of carbonyl (C=O) groups excluding carboxylic acids is 2. The number of carbonyl (C=O) groups is 2. The Hall–Kier alpha value is -2.19. The molecule has 0 spiro atoms. The minimum Gasteiger partial charge on any atom is -0.339 e. The van der Waals surface area contributed by atoms with Gasteiger partial charge in [0.1, 0.15) is 11.0 Å². The standard InChI is InChI=1S/C16H14N4O2S2/c21-14(15-17-5-8-23-15)10-3-6-20(7-4-10)16(22)11-1-2-12-13(9-11)19-24-18-12/h1-2,5,8-10H,3-4,6-7H2. The van der Waals surface area contributed by atoms with Crippen LogP contribution in [-0.2, 0) is 0 Å². The zero-order chi connectivity index (χ0) is 16.5. The molecule has 0 atom stereocenters. The van der Waals surface area contributed by atoms with Gasteiger partial charge in [0, 0.05) is 36.1 Å². The molecule has 1 aromatic carbocycles. The molecule has 1 saturated heterocycles. The molecule has 1 amide bonds. The summed E-state index contributed by atoms with van der Waals surface area (Å²) in [4.78, 5) is 30.9. The molecule has 122 valence electrons. The predicted molar refractivity (Wildman–Crippen MR) is 92.5 cm³/mol. The van der Waals surface area contributed by atoms with Crippen molar-refractivity contribution in [3.05, 3.63) is 40.3 Å². The molecule has 2 aromatic heterocycles. The van der Waals surface area contributed by atoms with E-state index in [0.717, 1.165) is 22.8 Å². The fourth-order valence-corrected chi connectivity index (χ4v) is 4.13. The SMILES string of the molecule is O=C(c1nccs1)C1CCN(C(=O)c2ccc3nsnc3c2)CC1. The lowest BCUT2D eigenvalue weighted by Gasteiger charge is -2.31. The number of fused-ring (bicyclic) bond motifs is 1. The Morgan fingerprint density at radius 3 is 2.67 bits per heavy atom. The third kappa shape index (κ3) is 2.83. The number of hydrogen-bond acceptors (Lipinski definition) is 7. The van der Waals surface area contributed by atoms with Crippen molar-refractivity contribution in [2.75, 3.05) is 13.1 Å². The second-order valence-electron chi connectivity index (χ2n) is 5.74. The molecule has 8 heteroatoms. The van der Waals surface area contributed by atoms with Gasteiger partial charge in [0.05, 0.1) is 11.7 Å². The summed E-state index contributed by atoms with van der Waals surface area (Å²) in [5.41, 5.74) is 2.18. The van der Waals surface area contributed by atoms with Gasteiger partial charge in [-0.2, -0.15) is 8.75 Å². The van der Waals surface area contributed by atoms with Crippen LogP contribution in [0.5, 0.6) is 0 Å². The Bertz CT molecular complexity index is 883. The molecule has 0 bridgehead atoms. The first-order valence-corrected chi connectivity index (χ1v) is 9.28. The van der Waals surface area contributed by atoms with Gasteiger partial charge in [-0.15, -0.1) is 11.3 Å². The zero-order valence-corrected chi connectivity index (χ0v) is 14.3. The van der Waals surface area contributed by atoms with Gasteiger partial charge in [0.15, 0.2) is 10.8 Å². The third-order valence-electron chi connectivity index (χ3n) is 4.30. The quantitative estimate of drug-likeness (QED) is 0.673. The van der Waals surface area contributed by atoms with Crippen LogP contribution >= 0.6 is 23.1 Å². The van der Waals surface area contributed by atoms with Crippen molar-refractivity contribution in [2.45, 2.75) is 12.8 Å². The highest BCUT2D eigenvalue weighted by atomic mass is 32.1. The number of amides is 1. The lowest BCUT2D eigenvalue weighted by Crippen LogP contribution is -2.40. The fourth-order valence-electron chi connectivity index (χ4n) is 2.96. The first-order chi connectivity index (χ1) is 11.7. The molecule has 0 aliphatic carbocycles. The molecular formula is C16H14N4O2S2. The van der Waals surface area contributed by atoms with Crippen molar-refractivity contribution < 1.29 is 9.59 Å². The lowest BCUT2D eigenvalue weighted by atomic mass is 9.92. The van der Waals surface area contributed by atoms with Crippen molar-refractivity contribution in [3.8, 4) is 0 Å². The number of hydrogen-bond donors (Lipinski definition) is 0. The molecule has 1 fully saturated rings. The lowest BCUT2D eigenvalue weighted by molar-refractivity contribution is 0.0650. The summed E-state index contributed by atoms with van der Waals surface area (Å²) >= 11 is 2.52. The molecule has 3 aromatic rings. The molecule has 0 saturated carbocycles. The van der Waals surface area contributed by atoms with Crippen LogP contribution in [0.2, 0.25) is 0 Å². The van der Waals surface area contributed by atoms with Crippen LogP contribution < -0.4 is 0 Å². The van der Waals surface area contributed by atoms with Crippen molar-refractivity contribution in [1.29, 1.82) is 0 Å². The maximum Gasteiger partial charge on any atom is 0.253 e. The summed E-state index contributed by atoms with van der Waals surface area (Å²) in [6, 6.07) is 5.40. The molecule has 0 unspecified atom stereocenters. The number of ketones is 1. The summed E-state index contributed by atoms with van der Waals surface area (Å²) in [7, 11) is 0. The molecule has 3 heterocycles. The highest BCUT2D eigenvalue weighted by molar-refractivity contribution is 7.11. The normalized spacial score (nSPS) is 15.8. The van der Waals surface area contributed by atoms with Gasteiger partial charge in [-0.1, -0.05) is 0 Å². The van der Waals surface area contributed by atoms with E-state index < -0.39 is 0 Å². The molecular weight excluding hydrogens is 344 g/mol. The molecule has 0 N–H and O–H groups in total. The van der Waals surface area contributed by atoms with Crippen LogP contribution in [0.4, 0.5) is 0 Å². The number of benzene rings is 1. The maximum atomic E-state index is 12.7. The third-order valence-corrected chi connectivity index (χ3v) is 5.64. The predicted octanol–water partition coefficient (Wildman–Crippen LogP) is 2.88. The molecule has 4 rings (SSSR count). The summed E-state index contributed by atoms with van der Waals surface area (Å²) < 4.78 is 8.33. The number of likely N-dealkylation sites (tertiary alicyclic amines) is 1. The molecule has 0 radical (unpaired) electrons. The minimum atomic E-state index is -0.0366. The number of thiazole rings is 1. The van der Waals surface area contributed by atoms with E-state index >= 15 is 0 Å². The van der Waals surface area contributed by atoms with Crippen LogP contribution in [0.25, 0.3) is 11.0 Å². The summed E-state index contributed by atoms with van der Waals surface area (Å²) in [6.07, 6.45) is 3.02. The van der Waals surface area contributed by atoms with Gasteiger partial charge in [-0.3, -0.25) is 9.59 Å². The Morgan fingerprint density at radius 1 is 1.12 bits per heavy atom. The second kappa shape index (κ2) is 6.37. The van der Waals surface area contributed by atoms with Crippen LogP contribution in [-0.4, -0.2) is 43.4 Å². The van der Waals surface area contributed by atoms with Crippen molar-refractivity contribution in [2.24, 2.45) is 5.92 Å². The van der Waals surface area contributed by atoms with E-state index in [1.54, 1.807) is 18.3 Å². The molecule has 6 nitrogen and oxygen atoms in total. The maximum absolute atomic E-state index is 12.7. The van der Waals surface area contributed by atoms with Gasteiger partial charge in [0.2, 0.25) is 0 Å². The second-order valence-corrected chi connectivity index (χ2v) is 7.16. The summed E-state index contributed by atoms with van der Waals surface area (Å²) in [6.45, 7) is 1.18. The van der Waals surface area contributed by atoms with E-state index in [1.165, 1.54) is 11.3 Å². The smallest absolute Gasteiger partial charge is 0.253 e. The summed E-state index contributed by atoms with van der Waals surface area (Å²) in [5, 5.41) is 2.39. The largest absolute Gasteiger partial charge is 0.339 e. The molecule has 1 aliphatic heterocycles. The average Bonchev–Trinajstić information content (AvgIpc) is 3.31. The first kappa shape index (κ1) is 15.3. The Labute approximate surface area is 146 Å². The van der Waals surface area contributed by atoms with Crippen molar-refractivity contribution >= 4 is 45.8 Å². The number of Topliss-reactive ketones (excluding diaryl/α,β-unsaturated/α-hetero) is 1. The van der Waals surface area contributed by atoms with Crippen LogP contribution in [0, 0.1) is 5.92 Å². The van der Waals surface area contributed by atoms with Gasteiger partial charge >= 0.3 is 0 Å². The average molecular weight is 358 g/mol. The van der Waals surface area contributed by atoms with Crippen LogP contribution in [0.15, 0.2) is 29.8 Å². The molecule has 24 heavy (non-hydrogen) atoms. The van der Waals surface area contributed by atoms with Crippen molar-refractivity contribution in [3.63, 3.8) is 0 Å². The number of aromatic nitrogens is 3. The first-order valence-electron chi connectivity index (χ1n) is 7.67. The minimum absolute atomic E-state index is 0.00922. The van der Waals surface area contributed by atoms with Gasteiger partial charge in [-0.05, 0) is 31.0 Å². The number of rotatable bonds is 3. The van der Waals surface area contributed by atoms with E-state index in [-0.39, 0.29) is 17.6 Å². The zero-order valence-electron chi connectivity index (χ0n) is 12.7. The van der Waals surface area contributed by atoms with E-state index in [9.17, 15) is 9.59 Å². The van der Waals surface area contributed by atoms with E-state index in [4.69, 9.17) is 0 Å². The van der Waals surface area contributed by atoms with E-state index in [0.29, 0.717) is 36.5 Å². The van der Waals surface area contributed by atoms with Crippen LogP contribution in [0.1, 0.15) is 33.0 Å². The number of piperidine rings is 1. The van der Waals surface area contributed by atoms with Crippen LogP contribution in [0.3, 0.4) is 0 Å². The Morgan fingerprint density at radius 2 is 1.92 bits per heavy atom. The Balaban J connectivity index is 1.43.